The summed E-state index contributed by atoms with van der Waals surface area (Å²) in [5.74, 6) is 0.856. The maximum absolute atomic E-state index is 5.58. The molecule has 0 fully saturated rings. The lowest BCUT2D eigenvalue weighted by atomic mass is 10.0. The molecule has 0 spiro atoms. The maximum atomic E-state index is 5.58. The standard InChI is InChI=1S/C13H21BrN2O/c1-13(2,6-7-15)16-9-10-4-5-12(17-3)11(14)8-10/h4-5,8,16H,6-7,9,15H2,1-3H3. The topological polar surface area (TPSA) is 47.3 Å². The van der Waals surface area contributed by atoms with Gasteiger partial charge in [0.15, 0.2) is 0 Å². The van der Waals surface area contributed by atoms with Gasteiger partial charge in [0.05, 0.1) is 11.6 Å². The van der Waals surface area contributed by atoms with Crippen LogP contribution in [0.25, 0.3) is 0 Å². The molecule has 0 aliphatic heterocycles. The molecule has 1 rings (SSSR count). The minimum Gasteiger partial charge on any atom is -0.496 e. The largest absolute Gasteiger partial charge is 0.496 e. The van der Waals surface area contributed by atoms with E-state index in [1.54, 1.807) is 7.11 Å². The first-order chi connectivity index (χ1) is 7.98. The lowest BCUT2D eigenvalue weighted by Gasteiger charge is -2.26. The summed E-state index contributed by atoms with van der Waals surface area (Å²) in [7, 11) is 1.67. The predicted octanol–water partition coefficient (Wildman–Crippen LogP) is 2.67. The van der Waals surface area contributed by atoms with Gasteiger partial charge in [-0.2, -0.15) is 0 Å². The number of hydrogen-bond donors (Lipinski definition) is 2. The average Bonchev–Trinajstić information content (AvgIpc) is 2.27. The second-order valence-corrected chi connectivity index (χ2v) is 5.60. The highest BCUT2D eigenvalue weighted by Crippen LogP contribution is 2.25. The molecule has 0 unspecified atom stereocenters. The SMILES string of the molecule is COc1ccc(CNC(C)(C)CCN)cc1Br. The van der Waals surface area contributed by atoms with Crippen molar-refractivity contribution >= 4 is 15.9 Å². The first kappa shape index (κ1) is 14.5. The number of ether oxygens (including phenoxy) is 1. The molecule has 0 aromatic heterocycles. The lowest BCUT2D eigenvalue weighted by Crippen LogP contribution is -2.40. The Bertz CT molecular complexity index is 366. The van der Waals surface area contributed by atoms with Gasteiger partial charge in [-0.15, -0.1) is 0 Å². The van der Waals surface area contributed by atoms with Gasteiger partial charge in [-0.05, 0) is 60.4 Å². The van der Waals surface area contributed by atoms with E-state index in [-0.39, 0.29) is 5.54 Å². The van der Waals surface area contributed by atoms with Gasteiger partial charge in [-0.1, -0.05) is 6.07 Å². The molecule has 0 heterocycles. The van der Waals surface area contributed by atoms with Crippen LogP contribution in [0.4, 0.5) is 0 Å². The van der Waals surface area contributed by atoms with E-state index in [1.165, 1.54) is 5.56 Å². The van der Waals surface area contributed by atoms with Crippen LogP contribution in [0.2, 0.25) is 0 Å². The molecule has 17 heavy (non-hydrogen) atoms. The van der Waals surface area contributed by atoms with Crippen molar-refractivity contribution in [3.8, 4) is 5.75 Å². The second-order valence-electron chi connectivity index (χ2n) is 4.75. The van der Waals surface area contributed by atoms with Crippen LogP contribution < -0.4 is 15.8 Å². The van der Waals surface area contributed by atoms with Crippen LogP contribution >= 0.6 is 15.9 Å². The van der Waals surface area contributed by atoms with Crippen LogP contribution in [0.15, 0.2) is 22.7 Å². The smallest absolute Gasteiger partial charge is 0.133 e. The van der Waals surface area contributed by atoms with Crippen LogP contribution in [-0.4, -0.2) is 19.2 Å². The summed E-state index contributed by atoms with van der Waals surface area (Å²) in [6.45, 7) is 5.86. The van der Waals surface area contributed by atoms with Crippen LogP contribution in [0.1, 0.15) is 25.8 Å². The summed E-state index contributed by atoms with van der Waals surface area (Å²) < 4.78 is 6.18. The molecule has 0 atom stereocenters. The predicted molar refractivity (Wildman–Crippen MR) is 75.3 cm³/mol. The van der Waals surface area contributed by atoms with Crippen LogP contribution in [0.5, 0.6) is 5.75 Å². The Balaban J connectivity index is 2.61. The van der Waals surface area contributed by atoms with E-state index in [9.17, 15) is 0 Å². The van der Waals surface area contributed by atoms with E-state index in [1.807, 2.05) is 6.07 Å². The van der Waals surface area contributed by atoms with Crippen molar-refractivity contribution in [3.63, 3.8) is 0 Å². The minimum absolute atomic E-state index is 0.0706. The van der Waals surface area contributed by atoms with Crippen LogP contribution in [-0.2, 0) is 6.54 Å². The van der Waals surface area contributed by atoms with Gasteiger partial charge in [0, 0.05) is 12.1 Å². The zero-order valence-corrected chi connectivity index (χ0v) is 12.3. The molecule has 0 aliphatic carbocycles. The van der Waals surface area contributed by atoms with Gasteiger partial charge in [0.25, 0.3) is 0 Å². The van der Waals surface area contributed by atoms with Crippen molar-refractivity contribution in [1.82, 2.24) is 5.32 Å². The van der Waals surface area contributed by atoms with E-state index in [0.29, 0.717) is 6.54 Å². The molecule has 0 bridgehead atoms. The Morgan fingerprint density at radius 3 is 2.65 bits per heavy atom. The van der Waals surface area contributed by atoms with E-state index in [0.717, 1.165) is 23.2 Å². The van der Waals surface area contributed by atoms with Crippen molar-refractivity contribution in [2.45, 2.75) is 32.4 Å². The summed E-state index contributed by atoms with van der Waals surface area (Å²) in [6, 6.07) is 6.11. The number of methoxy groups -OCH3 is 1. The zero-order valence-electron chi connectivity index (χ0n) is 10.7. The molecule has 3 nitrogen and oxygen atoms in total. The first-order valence-corrected chi connectivity index (χ1v) is 6.55. The molecule has 0 aliphatic rings. The number of halogens is 1. The van der Waals surface area contributed by atoms with Crippen molar-refractivity contribution in [2.75, 3.05) is 13.7 Å². The summed E-state index contributed by atoms with van der Waals surface area (Å²) in [5.41, 5.74) is 6.88. The van der Waals surface area contributed by atoms with E-state index >= 15 is 0 Å². The van der Waals surface area contributed by atoms with Crippen LogP contribution in [0, 0.1) is 0 Å². The molecular weight excluding hydrogens is 280 g/mol. The van der Waals surface area contributed by atoms with Gasteiger partial charge in [0.2, 0.25) is 0 Å². The fourth-order valence-electron chi connectivity index (χ4n) is 1.61. The third-order valence-corrected chi connectivity index (χ3v) is 3.38. The molecule has 1 aromatic rings. The highest BCUT2D eigenvalue weighted by Gasteiger charge is 2.15. The van der Waals surface area contributed by atoms with Crippen LogP contribution in [0.3, 0.4) is 0 Å². The molecule has 96 valence electrons. The number of rotatable bonds is 6. The van der Waals surface area contributed by atoms with Crippen molar-refractivity contribution < 1.29 is 4.74 Å². The molecule has 0 amide bonds. The molecular formula is C13H21BrN2O. The Morgan fingerprint density at radius 1 is 1.41 bits per heavy atom. The van der Waals surface area contributed by atoms with Gasteiger partial charge in [-0.25, -0.2) is 0 Å². The molecule has 1 aromatic carbocycles. The lowest BCUT2D eigenvalue weighted by molar-refractivity contribution is 0.365. The molecule has 3 N–H and O–H groups in total. The second kappa shape index (κ2) is 6.38. The van der Waals surface area contributed by atoms with Gasteiger partial charge < -0.3 is 15.8 Å². The Morgan fingerprint density at radius 2 is 2.12 bits per heavy atom. The summed E-state index contributed by atoms with van der Waals surface area (Å²) in [6.07, 6.45) is 0.963. The average molecular weight is 301 g/mol. The van der Waals surface area contributed by atoms with Gasteiger partial charge in [0.1, 0.15) is 5.75 Å². The Hall–Kier alpha value is -0.580. The summed E-state index contributed by atoms with van der Waals surface area (Å²) >= 11 is 3.49. The van der Waals surface area contributed by atoms with Crippen molar-refractivity contribution in [2.24, 2.45) is 5.73 Å². The molecule has 4 heteroatoms. The number of hydrogen-bond acceptors (Lipinski definition) is 3. The maximum Gasteiger partial charge on any atom is 0.133 e. The van der Waals surface area contributed by atoms with Crippen molar-refractivity contribution in [1.29, 1.82) is 0 Å². The third kappa shape index (κ3) is 4.66. The van der Waals surface area contributed by atoms with E-state index in [4.69, 9.17) is 10.5 Å². The van der Waals surface area contributed by atoms with Gasteiger partial charge in [-0.3, -0.25) is 0 Å². The summed E-state index contributed by atoms with van der Waals surface area (Å²) in [4.78, 5) is 0. The minimum atomic E-state index is 0.0706. The molecule has 0 saturated carbocycles. The first-order valence-electron chi connectivity index (χ1n) is 5.76. The molecule has 0 saturated heterocycles. The number of benzene rings is 1. The Labute approximate surface area is 112 Å². The number of nitrogens with one attached hydrogen (secondary N) is 1. The highest BCUT2D eigenvalue weighted by molar-refractivity contribution is 9.10. The van der Waals surface area contributed by atoms with E-state index < -0.39 is 0 Å². The zero-order chi connectivity index (χ0) is 12.9. The summed E-state index contributed by atoms with van der Waals surface area (Å²) in [5, 5.41) is 3.50. The fraction of sp³-hybridized carbons (Fsp3) is 0.538. The fourth-order valence-corrected chi connectivity index (χ4v) is 2.20. The monoisotopic (exact) mass is 300 g/mol. The quantitative estimate of drug-likeness (QED) is 0.849. The molecule has 0 radical (unpaired) electrons. The third-order valence-electron chi connectivity index (χ3n) is 2.76. The normalized spacial score (nSPS) is 11.6. The highest BCUT2D eigenvalue weighted by atomic mass is 79.9. The number of nitrogens with two attached hydrogens (primary N) is 1. The Kier molecular flexibility index (Phi) is 5.43. The van der Waals surface area contributed by atoms with Crippen molar-refractivity contribution in [3.05, 3.63) is 28.2 Å². The van der Waals surface area contributed by atoms with E-state index in [2.05, 4.69) is 47.2 Å². The van der Waals surface area contributed by atoms with Gasteiger partial charge >= 0.3 is 0 Å².